The largest absolute Gasteiger partial charge is 0.380 e. The van der Waals surface area contributed by atoms with Gasteiger partial charge in [-0.1, -0.05) is 30.3 Å². The summed E-state index contributed by atoms with van der Waals surface area (Å²) in [5, 5.41) is 17.5. The van der Waals surface area contributed by atoms with Crippen molar-refractivity contribution in [2.24, 2.45) is 7.05 Å². The number of hydrogen-bond acceptors (Lipinski definition) is 3. The van der Waals surface area contributed by atoms with Gasteiger partial charge >= 0.3 is 0 Å². The Morgan fingerprint density at radius 1 is 1.29 bits per heavy atom. The van der Waals surface area contributed by atoms with Gasteiger partial charge in [0.05, 0.1) is 0 Å². The second kappa shape index (κ2) is 3.59. The predicted octanol–water partition coefficient (Wildman–Crippen LogP) is 0.897. The Labute approximate surface area is 81.8 Å². The molecule has 2 aromatic rings. The van der Waals surface area contributed by atoms with E-state index >= 15 is 0 Å². The fraction of sp³-hybridized carbons (Fsp3) is 0.200. The number of hydrogen-bond donors (Lipinski definition) is 1. The van der Waals surface area contributed by atoms with Crippen LogP contribution in [0.2, 0.25) is 0 Å². The van der Waals surface area contributed by atoms with E-state index in [4.69, 9.17) is 0 Å². The molecular weight excluding hydrogens is 178 g/mol. The van der Waals surface area contributed by atoms with Gasteiger partial charge in [0, 0.05) is 7.05 Å². The first-order chi connectivity index (χ1) is 6.79. The molecule has 0 saturated carbocycles. The predicted molar refractivity (Wildman–Crippen MR) is 51.5 cm³/mol. The topological polar surface area (TPSA) is 50.9 Å². The number of rotatable bonds is 2. The van der Waals surface area contributed by atoms with Crippen LogP contribution in [0.15, 0.2) is 36.7 Å². The second-order valence-corrected chi connectivity index (χ2v) is 3.11. The minimum absolute atomic E-state index is 0.552. The van der Waals surface area contributed by atoms with Gasteiger partial charge in [0.15, 0.2) is 5.82 Å². The van der Waals surface area contributed by atoms with Gasteiger partial charge in [-0.15, -0.1) is 10.2 Å². The molecule has 0 aliphatic carbocycles. The summed E-state index contributed by atoms with van der Waals surface area (Å²) in [5.74, 6) is 0.552. The maximum absolute atomic E-state index is 9.94. The maximum Gasteiger partial charge on any atom is 0.166 e. The summed E-state index contributed by atoms with van der Waals surface area (Å²) < 4.78 is 1.71. The van der Waals surface area contributed by atoms with E-state index in [1.807, 2.05) is 37.4 Å². The van der Waals surface area contributed by atoms with Gasteiger partial charge < -0.3 is 9.67 Å². The van der Waals surface area contributed by atoms with E-state index in [9.17, 15) is 5.11 Å². The number of aromatic nitrogens is 3. The molecule has 4 nitrogen and oxygen atoms in total. The molecule has 0 fully saturated rings. The van der Waals surface area contributed by atoms with E-state index in [1.54, 1.807) is 10.9 Å². The van der Waals surface area contributed by atoms with E-state index in [0.717, 1.165) is 5.56 Å². The number of aryl methyl sites for hydroxylation is 1. The van der Waals surface area contributed by atoms with Crippen LogP contribution in [0.3, 0.4) is 0 Å². The first-order valence-corrected chi connectivity index (χ1v) is 4.36. The molecule has 1 aromatic carbocycles. The number of nitrogens with zero attached hydrogens (tertiary/aromatic N) is 3. The molecule has 1 aromatic heterocycles. The summed E-state index contributed by atoms with van der Waals surface area (Å²) >= 11 is 0. The van der Waals surface area contributed by atoms with E-state index in [2.05, 4.69) is 10.2 Å². The Bertz CT molecular complexity index is 410. The van der Waals surface area contributed by atoms with Crippen molar-refractivity contribution in [1.29, 1.82) is 0 Å². The van der Waals surface area contributed by atoms with Crippen LogP contribution in [0.25, 0.3) is 0 Å². The van der Waals surface area contributed by atoms with Crippen LogP contribution in [-0.4, -0.2) is 19.9 Å². The minimum atomic E-state index is -0.705. The second-order valence-electron chi connectivity index (χ2n) is 3.11. The van der Waals surface area contributed by atoms with Gasteiger partial charge in [0.1, 0.15) is 12.4 Å². The van der Waals surface area contributed by atoms with Crippen molar-refractivity contribution in [2.45, 2.75) is 6.10 Å². The van der Waals surface area contributed by atoms with Crippen molar-refractivity contribution in [2.75, 3.05) is 0 Å². The lowest BCUT2D eigenvalue weighted by Crippen LogP contribution is -2.06. The Morgan fingerprint density at radius 3 is 2.57 bits per heavy atom. The van der Waals surface area contributed by atoms with Gasteiger partial charge in [-0.25, -0.2) is 0 Å². The van der Waals surface area contributed by atoms with Gasteiger partial charge in [0.2, 0.25) is 0 Å². The van der Waals surface area contributed by atoms with Crippen molar-refractivity contribution in [3.05, 3.63) is 48.0 Å². The summed E-state index contributed by atoms with van der Waals surface area (Å²) in [7, 11) is 1.81. The highest BCUT2D eigenvalue weighted by molar-refractivity contribution is 5.22. The number of aliphatic hydroxyl groups excluding tert-OH is 1. The fourth-order valence-electron chi connectivity index (χ4n) is 1.32. The number of benzene rings is 1. The van der Waals surface area contributed by atoms with Crippen molar-refractivity contribution in [3.63, 3.8) is 0 Å². The van der Waals surface area contributed by atoms with Crippen molar-refractivity contribution < 1.29 is 5.11 Å². The molecule has 72 valence electrons. The van der Waals surface area contributed by atoms with Gasteiger partial charge in [-0.05, 0) is 5.56 Å². The maximum atomic E-state index is 9.94. The highest BCUT2D eigenvalue weighted by Crippen LogP contribution is 2.18. The van der Waals surface area contributed by atoms with Crippen LogP contribution in [0.4, 0.5) is 0 Å². The van der Waals surface area contributed by atoms with Crippen molar-refractivity contribution in [1.82, 2.24) is 14.8 Å². The van der Waals surface area contributed by atoms with Crippen LogP contribution < -0.4 is 0 Å². The zero-order chi connectivity index (χ0) is 9.97. The van der Waals surface area contributed by atoms with Crippen LogP contribution in [0, 0.1) is 0 Å². The van der Waals surface area contributed by atoms with E-state index in [1.165, 1.54) is 0 Å². The quantitative estimate of drug-likeness (QED) is 0.763. The first-order valence-electron chi connectivity index (χ1n) is 4.36. The average Bonchev–Trinajstić information content (AvgIpc) is 2.65. The number of aliphatic hydroxyl groups is 1. The zero-order valence-corrected chi connectivity index (χ0v) is 7.83. The Kier molecular flexibility index (Phi) is 2.28. The molecule has 14 heavy (non-hydrogen) atoms. The van der Waals surface area contributed by atoms with Crippen molar-refractivity contribution >= 4 is 0 Å². The molecule has 0 aliphatic rings. The summed E-state index contributed by atoms with van der Waals surface area (Å²) in [5.41, 5.74) is 0.823. The molecule has 4 heteroatoms. The molecule has 0 aliphatic heterocycles. The molecule has 1 N–H and O–H groups in total. The lowest BCUT2D eigenvalue weighted by Gasteiger charge is -2.09. The minimum Gasteiger partial charge on any atom is -0.380 e. The summed E-state index contributed by atoms with van der Waals surface area (Å²) in [4.78, 5) is 0. The summed E-state index contributed by atoms with van der Waals surface area (Å²) in [6.45, 7) is 0. The van der Waals surface area contributed by atoms with E-state index in [-0.39, 0.29) is 0 Å². The smallest absolute Gasteiger partial charge is 0.166 e. The highest BCUT2D eigenvalue weighted by atomic mass is 16.3. The molecule has 1 unspecified atom stereocenters. The Balaban J connectivity index is 2.34. The molecule has 1 heterocycles. The Morgan fingerprint density at radius 2 is 2.00 bits per heavy atom. The van der Waals surface area contributed by atoms with Crippen LogP contribution in [0.5, 0.6) is 0 Å². The SMILES string of the molecule is Cn1cnnc1C(O)c1ccccc1. The highest BCUT2D eigenvalue weighted by Gasteiger charge is 2.14. The molecule has 0 saturated heterocycles. The zero-order valence-electron chi connectivity index (χ0n) is 7.83. The molecular formula is C10H11N3O. The lowest BCUT2D eigenvalue weighted by molar-refractivity contribution is 0.205. The van der Waals surface area contributed by atoms with Crippen molar-refractivity contribution in [3.8, 4) is 0 Å². The van der Waals surface area contributed by atoms with Crippen LogP contribution >= 0.6 is 0 Å². The van der Waals surface area contributed by atoms with Gasteiger partial charge in [-0.2, -0.15) is 0 Å². The third-order valence-corrected chi connectivity index (χ3v) is 2.11. The summed E-state index contributed by atoms with van der Waals surface area (Å²) in [6, 6.07) is 9.40. The van der Waals surface area contributed by atoms with Gasteiger partial charge in [0.25, 0.3) is 0 Å². The first kappa shape index (κ1) is 8.90. The van der Waals surface area contributed by atoms with Gasteiger partial charge in [-0.3, -0.25) is 0 Å². The summed E-state index contributed by atoms with van der Waals surface area (Å²) in [6.07, 6.45) is 0.866. The average molecular weight is 189 g/mol. The third kappa shape index (κ3) is 1.52. The van der Waals surface area contributed by atoms with Crippen LogP contribution in [0.1, 0.15) is 17.5 Å². The molecule has 0 spiro atoms. The molecule has 2 rings (SSSR count). The molecule has 1 atom stereocenters. The van der Waals surface area contributed by atoms with E-state index in [0.29, 0.717) is 5.82 Å². The lowest BCUT2D eigenvalue weighted by atomic mass is 10.1. The van der Waals surface area contributed by atoms with Crippen LogP contribution in [-0.2, 0) is 7.05 Å². The normalized spacial score (nSPS) is 12.7. The monoisotopic (exact) mass is 189 g/mol. The fourth-order valence-corrected chi connectivity index (χ4v) is 1.32. The molecule has 0 amide bonds. The Hall–Kier alpha value is -1.68. The van der Waals surface area contributed by atoms with E-state index < -0.39 is 6.10 Å². The standard InChI is InChI=1S/C10H11N3O/c1-13-7-11-12-10(13)9(14)8-5-3-2-4-6-8/h2-7,9,14H,1H3. The molecule has 0 radical (unpaired) electrons. The molecule has 0 bridgehead atoms. The third-order valence-electron chi connectivity index (χ3n) is 2.11.